The normalized spacial score (nSPS) is 26.2. The molecule has 2 aliphatic carbocycles. The highest BCUT2D eigenvalue weighted by Gasteiger charge is 2.41. The minimum atomic E-state index is 0.463. The zero-order valence-electron chi connectivity index (χ0n) is 14.5. The zero-order chi connectivity index (χ0) is 16.8. The predicted octanol–water partition coefficient (Wildman–Crippen LogP) is 5.59. The van der Waals surface area contributed by atoms with E-state index in [0.29, 0.717) is 6.04 Å². The van der Waals surface area contributed by atoms with E-state index in [1.807, 2.05) is 0 Å². The van der Waals surface area contributed by atoms with Crippen molar-refractivity contribution in [1.82, 2.24) is 9.97 Å². The van der Waals surface area contributed by atoms with Gasteiger partial charge in [0.2, 0.25) is 0 Å². The Morgan fingerprint density at radius 1 is 1.08 bits per heavy atom. The van der Waals surface area contributed by atoms with E-state index in [4.69, 9.17) is 9.97 Å². The van der Waals surface area contributed by atoms with Crippen LogP contribution in [0.1, 0.15) is 32.6 Å². The second-order valence-corrected chi connectivity index (χ2v) is 8.61. The standard InChI is InChI=1S/C21H23N3S/c1-13(17-12-14-8-9-15(17)11-14)22-20-16-5-2-3-6-18(16)23-21(24-20)19-7-4-10-25-19/h2-7,10,13-15,17H,8-9,11-12H2,1H3,(H,22,23,24)/t13-,14-,15+,17+/m0/s1. The van der Waals surface area contributed by atoms with Gasteiger partial charge in [0.25, 0.3) is 0 Å². The van der Waals surface area contributed by atoms with Crippen molar-refractivity contribution in [3.63, 3.8) is 0 Å². The molecule has 4 atom stereocenters. The summed E-state index contributed by atoms with van der Waals surface area (Å²) in [5, 5.41) is 6.97. The average molecular weight is 350 g/mol. The van der Waals surface area contributed by atoms with E-state index in [-0.39, 0.29) is 0 Å². The second-order valence-electron chi connectivity index (χ2n) is 7.66. The summed E-state index contributed by atoms with van der Waals surface area (Å²) in [7, 11) is 0. The number of anilines is 1. The summed E-state index contributed by atoms with van der Waals surface area (Å²) in [6.07, 6.45) is 5.71. The predicted molar refractivity (Wildman–Crippen MR) is 105 cm³/mol. The third-order valence-corrected chi connectivity index (χ3v) is 7.01. The van der Waals surface area contributed by atoms with Gasteiger partial charge < -0.3 is 5.32 Å². The van der Waals surface area contributed by atoms with Crippen molar-refractivity contribution in [2.24, 2.45) is 17.8 Å². The second kappa shape index (κ2) is 6.10. The van der Waals surface area contributed by atoms with Crippen LogP contribution in [0.4, 0.5) is 5.82 Å². The summed E-state index contributed by atoms with van der Waals surface area (Å²) < 4.78 is 0. The highest BCUT2D eigenvalue weighted by Crippen LogP contribution is 2.50. The maximum Gasteiger partial charge on any atom is 0.172 e. The van der Waals surface area contributed by atoms with E-state index in [1.54, 1.807) is 11.3 Å². The van der Waals surface area contributed by atoms with Gasteiger partial charge in [-0.1, -0.05) is 24.6 Å². The van der Waals surface area contributed by atoms with Gasteiger partial charge in [0.05, 0.1) is 10.4 Å². The Morgan fingerprint density at radius 3 is 2.76 bits per heavy atom. The SMILES string of the molecule is C[C@H](Nc1nc(-c2cccs2)nc2ccccc12)[C@H]1C[C@H]2CC[C@@H]1C2. The maximum absolute atomic E-state index is 4.91. The number of thiophene rings is 1. The molecule has 0 saturated heterocycles. The Labute approximate surface area is 152 Å². The summed E-state index contributed by atoms with van der Waals surface area (Å²) in [6.45, 7) is 2.34. The third kappa shape index (κ3) is 2.73. The molecular weight excluding hydrogens is 326 g/mol. The molecule has 5 rings (SSSR count). The Bertz CT molecular complexity index is 889. The Balaban J connectivity index is 1.51. The number of nitrogens with one attached hydrogen (secondary N) is 1. The van der Waals surface area contributed by atoms with Crippen LogP contribution in [0.5, 0.6) is 0 Å². The van der Waals surface area contributed by atoms with Gasteiger partial charge in [-0.05, 0) is 67.5 Å². The average Bonchev–Trinajstić information content (AvgIpc) is 3.39. The highest BCUT2D eigenvalue weighted by molar-refractivity contribution is 7.13. The lowest BCUT2D eigenvalue weighted by molar-refractivity contribution is 0.304. The number of nitrogens with zero attached hydrogens (tertiary/aromatic N) is 2. The highest BCUT2D eigenvalue weighted by atomic mass is 32.1. The van der Waals surface area contributed by atoms with E-state index < -0.39 is 0 Å². The van der Waals surface area contributed by atoms with Crippen LogP contribution in [-0.4, -0.2) is 16.0 Å². The first-order valence-corrected chi connectivity index (χ1v) is 10.2. The molecule has 1 N–H and O–H groups in total. The molecular formula is C21H23N3S. The quantitative estimate of drug-likeness (QED) is 0.667. The van der Waals surface area contributed by atoms with Gasteiger partial charge >= 0.3 is 0 Å². The summed E-state index contributed by atoms with van der Waals surface area (Å²) >= 11 is 1.69. The molecule has 2 fully saturated rings. The molecule has 25 heavy (non-hydrogen) atoms. The molecule has 3 aromatic rings. The minimum Gasteiger partial charge on any atom is -0.367 e. The number of aromatic nitrogens is 2. The van der Waals surface area contributed by atoms with Crippen molar-refractivity contribution in [3.05, 3.63) is 41.8 Å². The van der Waals surface area contributed by atoms with E-state index in [9.17, 15) is 0 Å². The first-order valence-electron chi connectivity index (χ1n) is 9.35. The fourth-order valence-corrected chi connectivity index (χ4v) is 5.59. The molecule has 2 heterocycles. The van der Waals surface area contributed by atoms with Gasteiger partial charge in [-0.3, -0.25) is 0 Å². The molecule has 128 valence electrons. The molecule has 4 heteroatoms. The van der Waals surface area contributed by atoms with Crippen LogP contribution >= 0.6 is 11.3 Å². The lowest BCUT2D eigenvalue weighted by atomic mass is 9.84. The summed E-state index contributed by atoms with van der Waals surface area (Å²) in [5.41, 5.74) is 1.02. The Morgan fingerprint density at radius 2 is 2.00 bits per heavy atom. The summed E-state index contributed by atoms with van der Waals surface area (Å²) in [4.78, 5) is 10.8. The number of rotatable bonds is 4. The van der Waals surface area contributed by atoms with Crippen LogP contribution in [0, 0.1) is 17.8 Å². The Hall–Kier alpha value is -1.94. The van der Waals surface area contributed by atoms with Crippen molar-refractivity contribution in [2.75, 3.05) is 5.32 Å². The fraction of sp³-hybridized carbons (Fsp3) is 0.429. The molecule has 2 aromatic heterocycles. The first-order chi connectivity index (χ1) is 12.3. The molecule has 2 bridgehead atoms. The number of fused-ring (bicyclic) bond motifs is 3. The molecule has 3 nitrogen and oxygen atoms in total. The lowest BCUT2D eigenvalue weighted by Gasteiger charge is -2.29. The van der Waals surface area contributed by atoms with Crippen LogP contribution in [-0.2, 0) is 0 Å². The molecule has 0 aliphatic heterocycles. The van der Waals surface area contributed by atoms with Crippen LogP contribution < -0.4 is 5.32 Å². The smallest absolute Gasteiger partial charge is 0.172 e. The van der Waals surface area contributed by atoms with Gasteiger partial charge in [-0.25, -0.2) is 9.97 Å². The van der Waals surface area contributed by atoms with Crippen LogP contribution in [0.3, 0.4) is 0 Å². The van der Waals surface area contributed by atoms with Crippen LogP contribution in [0.15, 0.2) is 41.8 Å². The molecule has 0 unspecified atom stereocenters. The van der Waals surface area contributed by atoms with E-state index in [0.717, 1.165) is 45.2 Å². The van der Waals surface area contributed by atoms with Crippen molar-refractivity contribution < 1.29 is 0 Å². The molecule has 1 aromatic carbocycles. The fourth-order valence-electron chi connectivity index (χ4n) is 4.93. The molecule has 0 radical (unpaired) electrons. The van der Waals surface area contributed by atoms with Gasteiger partial charge in [0, 0.05) is 11.4 Å². The van der Waals surface area contributed by atoms with Gasteiger partial charge in [-0.15, -0.1) is 11.3 Å². The number of benzene rings is 1. The van der Waals surface area contributed by atoms with Crippen molar-refractivity contribution >= 4 is 28.1 Å². The summed E-state index contributed by atoms with van der Waals surface area (Å²) in [6, 6.07) is 13.0. The third-order valence-electron chi connectivity index (χ3n) is 6.14. The lowest BCUT2D eigenvalue weighted by Crippen LogP contribution is -2.30. The van der Waals surface area contributed by atoms with Gasteiger partial charge in [0.1, 0.15) is 5.82 Å². The largest absolute Gasteiger partial charge is 0.367 e. The van der Waals surface area contributed by atoms with E-state index in [1.165, 1.54) is 25.7 Å². The molecule has 2 aliphatic rings. The monoisotopic (exact) mass is 349 g/mol. The molecule has 0 spiro atoms. The van der Waals surface area contributed by atoms with Gasteiger partial charge in [0.15, 0.2) is 5.82 Å². The van der Waals surface area contributed by atoms with Crippen LogP contribution in [0.2, 0.25) is 0 Å². The number of hydrogen-bond donors (Lipinski definition) is 1. The molecule has 0 amide bonds. The topological polar surface area (TPSA) is 37.8 Å². The first kappa shape index (κ1) is 15.3. The zero-order valence-corrected chi connectivity index (χ0v) is 15.3. The van der Waals surface area contributed by atoms with Crippen molar-refractivity contribution in [3.8, 4) is 10.7 Å². The van der Waals surface area contributed by atoms with E-state index >= 15 is 0 Å². The van der Waals surface area contributed by atoms with Gasteiger partial charge in [-0.2, -0.15) is 0 Å². The number of para-hydroxylation sites is 1. The maximum atomic E-state index is 4.91. The molecule has 2 saturated carbocycles. The van der Waals surface area contributed by atoms with Crippen molar-refractivity contribution in [2.45, 2.75) is 38.6 Å². The van der Waals surface area contributed by atoms with Crippen LogP contribution in [0.25, 0.3) is 21.6 Å². The van der Waals surface area contributed by atoms with Crippen molar-refractivity contribution in [1.29, 1.82) is 0 Å². The number of hydrogen-bond acceptors (Lipinski definition) is 4. The summed E-state index contributed by atoms with van der Waals surface area (Å²) in [5.74, 6) is 4.50. The van der Waals surface area contributed by atoms with E-state index in [2.05, 4.69) is 54.0 Å². The Kier molecular flexibility index (Phi) is 3.74. The minimum absolute atomic E-state index is 0.463.